The number of fused-ring (bicyclic) bond motifs is 1. The molecule has 0 saturated carbocycles. The first-order valence-corrected chi connectivity index (χ1v) is 6.04. The van der Waals surface area contributed by atoms with E-state index in [0.717, 1.165) is 26.2 Å². The molecule has 78 valence electrons. The molecule has 15 heavy (non-hydrogen) atoms. The third-order valence-corrected chi connectivity index (χ3v) is 3.91. The highest BCUT2D eigenvalue weighted by atomic mass is 32.1. The predicted octanol–water partition coefficient (Wildman–Crippen LogP) is 1.71. The molecule has 0 bridgehead atoms. The number of nitrogens with one attached hydrogen (secondary N) is 1. The van der Waals surface area contributed by atoms with Crippen molar-refractivity contribution >= 4 is 26.4 Å². The fourth-order valence-corrected chi connectivity index (χ4v) is 2.99. The topological polar surface area (TPSA) is 28.2 Å². The van der Waals surface area contributed by atoms with Crippen LogP contribution in [0.2, 0.25) is 0 Å². The summed E-state index contributed by atoms with van der Waals surface area (Å²) in [5, 5.41) is 6.00. The van der Waals surface area contributed by atoms with E-state index in [1.165, 1.54) is 15.1 Å². The molecule has 1 aliphatic heterocycles. The van der Waals surface area contributed by atoms with Crippen molar-refractivity contribution in [1.29, 1.82) is 0 Å². The highest BCUT2D eigenvalue weighted by Crippen LogP contribution is 2.31. The summed E-state index contributed by atoms with van der Waals surface area (Å²) in [6.45, 7) is 4.40. The number of pyridine rings is 1. The van der Waals surface area contributed by atoms with Gasteiger partial charge in [-0.25, -0.2) is 0 Å². The Morgan fingerprint density at radius 1 is 1.33 bits per heavy atom. The van der Waals surface area contributed by atoms with Crippen molar-refractivity contribution in [3.63, 3.8) is 0 Å². The molecule has 0 unspecified atom stereocenters. The maximum atomic E-state index is 4.15. The number of piperazine rings is 1. The van der Waals surface area contributed by atoms with E-state index in [9.17, 15) is 0 Å². The van der Waals surface area contributed by atoms with Crippen LogP contribution in [0.4, 0.5) is 5.00 Å². The van der Waals surface area contributed by atoms with Crippen LogP contribution in [0, 0.1) is 0 Å². The number of aromatic nitrogens is 1. The molecule has 0 radical (unpaired) electrons. The molecule has 0 amide bonds. The van der Waals surface area contributed by atoms with Crippen molar-refractivity contribution < 1.29 is 0 Å². The highest BCUT2D eigenvalue weighted by Gasteiger charge is 2.12. The Bertz CT molecular complexity index is 427. The molecule has 1 N–H and O–H groups in total. The van der Waals surface area contributed by atoms with Crippen molar-refractivity contribution in [1.82, 2.24) is 10.3 Å². The van der Waals surface area contributed by atoms with Crippen LogP contribution in [-0.2, 0) is 0 Å². The zero-order chi connectivity index (χ0) is 10.1. The monoisotopic (exact) mass is 219 g/mol. The standard InChI is InChI=1S/C11H13N3S/c1-2-13-8-9-7-11(15-10(1)9)14-5-3-12-4-6-14/h1-2,7-8,12H,3-6H2. The molecule has 4 heteroatoms. The van der Waals surface area contributed by atoms with Crippen molar-refractivity contribution in [3.05, 3.63) is 24.5 Å². The summed E-state index contributed by atoms with van der Waals surface area (Å²) < 4.78 is 1.33. The van der Waals surface area contributed by atoms with Crippen LogP contribution in [0.25, 0.3) is 10.1 Å². The first-order valence-electron chi connectivity index (χ1n) is 5.23. The Morgan fingerprint density at radius 3 is 3.00 bits per heavy atom. The quantitative estimate of drug-likeness (QED) is 0.791. The number of thiophene rings is 1. The summed E-state index contributed by atoms with van der Waals surface area (Å²) >= 11 is 1.86. The molecule has 0 aliphatic carbocycles. The van der Waals surface area contributed by atoms with E-state index in [-0.39, 0.29) is 0 Å². The predicted molar refractivity (Wildman–Crippen MR) is 64.7 cm³/mol. The molecule has 1 aliphatic rings. The molecule has 0 spiro atoms. The Morgan fingerprint density at radius 2 is 2.20 bits per heavy atom. The molecule has 2 aromatic rings. The van der Waals surface area contributed by atoms with E-state index >= 15 is 0 Å². The van der Waals surface area contributed by atoms with E-state index < -0.39 is 0 Å². The van der Waals surface area contributed by atoms with Gasteiger partial charge in [0, 0.05) is 48.7 Å². The van der Waals surface area contributed by atoms with Crippen molar-refractivity contribution in [3.8, 4) is 0 Å². The van der Waals surface area contributed by atoms with Gasteiger partial charge in [0.05, 0.1) is 5.00 Å². The molecule has 1 saturated heterocycles. The van der Waals surface area contributed by atoms with E-state index in [0.29, 0.717) is 0 Å². The van der Waals surface area contributed by atoms with E-state index in [1.54, 1.807) is 0 Å². The Kier molecular flexibility index (Phi) is 2.31. The van der Waals surface area contributed by atoms with Crippen LogP contribution in [0.15, 0.2) is 24.5 Å². The average molecular weight is 219 g/mol. The third kappa shape index (κ3) is 1.70. The SMILES string of the molecule is c1cc2sc(N3CCNCC3)cc2cn1. The van der Waals surface area contributed by atoms with Gasteiger partial charge < -0.3 is 10.2 Å². The minimum atomic E-state index is 1.09. The molecule has 0 atom stereocenters. The van der Waals surface area contributed by atoms with Gasteiger partial charge in [-0.3, -0.25) is 4.98 Å². The lowest BCUT2D eigenvalue weighted by Gasteiger charge is -2.27. The van der Waals surface area contributed by atoms with Gasteiger partial charge in [-0.1, -0.05) is 0 Å². The average Bonchev–Trinajstić information content (AvgIpc) is 2.74. The largest absolute Gasteiger partial charge is 0.361 e. The Balaban J connectivity index is 1.96. The van der Waals surface area contributed by atoms with Crippen LogP contribution >= 0.6 is 11.3 Å². The van der Waals surface area contributed by atoms with Gasteiger partial charge in [-0.2, -0.15) is 0 Å². The Hall–Kier alpha value is -1.13. The summed E-state index contributed by atoms with van der Waals surface area (Å²) in [5.41, 5.74) is 0. The van der Waals surface area contributed by atoms with Gasteiger partial charge in [-0.15, -0.1) is 11.3 Å². The smallest absolute Gasteiger partial charge is 0.0922 e. The van der Waals surface area contributed by atoms with Crippen LogP contribution in [-0.4, -0.2) is 31.2 Å². The van der Waals surface area contributed by atoms with Crippen molar-refractivity contribution in [2.24, 2.45) is 0 Å². The van der Waals surface area contributed by atoms with Crippen LogP contribution < -0.4 is 10.2 Å². The van der Waals surface area contributed by atoms with Crippen LogP contribution in [0.5, 0.6) is 0 Å². The zero-order valence-electron chi connectivity index (χ0n) is 8.44. The normalized spacial score (nSPS) is 17.2. The van der Waals surface area contributed by atoms with E-state index in [2.05, 4.69) is 27.3 Å². The summed E-state index contributed by atoms with van der Waals surface area (Å²) in [6, 6.07) is 4.34. The molecule has 2 aromatic heterocycles. The maximum absolute atomic E-state index is 4.15. The van der Waals surface area contributed by atoms with Crippen LogP contribution in [0.1, 0.15) is 0 Å². The molecule has 3 rings (SSSR count). The van der Waals surface area contributed by atoms with Gasteiger partial charge in [-0.05, 0) is 12.1 Å². The fourth-order valence-electron chi connectivity index (χ4n) is 1.91. The lowest BCUT2D eigenvalue weighted by Crippen LogP contribution is -2.43. The Labute approximate surface area is 92.7 Å². The van der Waals surface area contributed by atoms with Crippen molar-refractivity contribution in [2.75, 3.05) is 31.1 Å². The summed E-state index contributed by atoms with van der Waals surface area (Å²) in [6.07, 6.45) is 3.80. The minimum Gasteiger partial charge on any atom is -0.361 e. The molecule has 3 nitrogen and oxygen atoms in total. The molecular weight excluding hydrogens is 206 g/mol. The lowest BCUT2D eigenvalue weighted by molar-refractivity contribution is 0.592. The zero-order valence-corrected chi connectivity index (χ0v) is 9.26. The fraction of sp³-hybridized carbons (Fsp3) is 0.364. The highest BCUT2D eigenvalue weighted by molar-refractivity contribution is 7.22. The maximum Gasteiger partial charge on any atom is 0.0922 e. The van der Waals surface area contributed by atoms with Gasteiger partial charge in [0.25, 0.3) is 0 Å². The van der Waals surface area contributed by atoms with Crippen molar-refractivity contribution in [2.45, 2.75) is 0 Å². The van der Waals surface area contributed by atoms with Gasteiger partial charge in [0.1, 0.15) is 0 Å². The van der Waals surface area contributed by atoms with E-state index in [1.807, 2.05) is 23.7 Å². The van der Waals surface area contributed by atoms with Crippen LogP contribution in [0.3, 0.4) is 0 Å². The van der Waals surface area contributed by atoms with E-state index in [4.69, 9.17) is 0 Å². The molecular formula is C11H13N3S. The summed E-state index contributed by atoms with van der Waals surface area (Å²) in [7, 11) is 0. The first-order chi connectivity index (χ1) is 7.43. The summed E-state index contributed by atoms with van der Waals surface area (Å²) in [5.74, 6) is 0. The molecule has 3 heterocycles. The van der Waals surface area contributed by atoms with Gasteiger partial charge in [0.2, 0.25) is 0 Å². The molecule has 0 aromatic carbocycles. The number of hydrogen-bond donors (Lipinski definition) is 1. The minimum absolute atomic E-state index is 1.09. The third-order valence-electron chi connectivity index (χ3n) is 2.73. The number of nitrogens with zero attached hydrogens (tertiary/aromatic N) is 2. The molecule has 1 fully saturated rings. The summed E-state index contributed by atoms with van der Waals surface area (Å²) in [4.78, 5) is 6.59. The lowest BCUT2D eigenvalue weighted by atomic mass is 10.3. The van der Waals surface area contributed by atoms with Gasteiger partial charge >= 0.3 is 0 Å². The number of rotatable bonds is 1. The number of anilines is 1. The first kappa shape index (κ1) is 9.12. The second-order valence-electron chi connectivity index (χ2n) is 3.74. The second kappa shape index (κ2) is 3.79. The number of hydrogen-bond acceptors (Lipinski definition) is 4. The van der Waals surface area contributed by atoms with Gasteiger partial charge in [0.15, 0.2) is 0 Å². The second-order valence-corrected chi connectivity index (χ2v) is 4.80.